The van der Waals surface area contributed by atoms with Gasteiger partial charge in [-0.2, -0.15) is 18.3 Å². The molecule has 0 spiro atoms. The molecule has 0 unspecified atom stereocenters. The predicted molar refractivity (Wildman–Crippen MR) is 97.9 cm³/mol. The Hall–Kier alpha value is -3.10. The molecule has 3 aromatic heterocycles. The summed E-state index contributed by atoms with van der Waals surface area (Å²) in [7, 11) is 0. The molecule has 9 heteroatoms. The van der Waals surface area contributed by atoms with E-state index in [9.17, 15) is 18.0 Å². The van der Waals surface area contributed by atoms with Gasteiger partial charge in [0.2, 0.25) is 0 Å². The van der Waals surface area contributed by atoms with Gasteiger partial charge in [-0.1, -0.05) is 18.9 Å². The highest BCUT2D eigenvalue weighted by Gasteiger charge is 2.34. The Balaban J connectivity index is 1.79. The Morgan fingerprint density at radius 2 is 1.79 bits per heavy atom. The van der Waals surface area contributed by atoms with Crippen LogP contribution in [0.3, 0.4) is 0 Å². The average molecular weight is 387 g/mol. The highest BCUT2D eigenvalue weighted by molar-refractivity contribution is 5.92. The molecule has 1 aromatic carbocycles. The zero-order valence-corrected chi connectivity index (χ0v) is 14.7. The fourth-order valence-corrected chi connectivity index (χ4v) is 4.00. The number of nitrogens with zero attached hydrogens (tertiary/aromatic N) is 3. The van der Waals surface area contributed by atoms with Crippen molar-refractivity contribution in [2.24, 2.45) is 0 Å². The summed E-state index contributed by atoms with van der Waals surface area (Å²) in [6.07, 6.45) is -0.555. The molecule has 4 aromatic rings. The summed E-state index contributed by atoms with van der Waals surface area (Å²) in [4.78, 5) is 20.8. The van der Waals surface area contributed by atoms with Crippen molar-refractivity contribution in [1.29, 1.82) is 0 Å². The van der Waals surface area contributed by atoms with Crippen LogP contribution in [-0.2, 0) is 6.18 Å². The van der Waals surface area contributed by atoms with Crippen LogP contribution in [0.2, 0.25) is 0 Å². The molecule has 3 heterocycles. The smallest absolute Gasteiger partial charge is 0.306 e. The molecule has 0 saturated heterocycles. The monoisotopic (exact) mass is 387 g/mol. The molecule has 1 aliphatic carbocycles. The van der Waals surface area contributed by atoms with Crippen LogP contribution in [0.1, 0.15) is 37.4 Å². The quantitative estimate of drug-likeness (QED) is 0.535. The number of hydrogen-bond donors (Lipinski definition) is 2. The minimum Gasteiger partial charge on any atom is -0.306 e. The van der Waals surface area contributed by atoms with E-state index >= 15 is 0 Å². The lowest BCUT2D eigenvalue weighted by atomic mass is 10.1. The summed E-state index contributed by atoms with van der Waals surface area (Å²) >= 11 is 0. The average Bonchev–Trinajstić information content (AvgIpc) is 3.36. The summed E-state index contributed by atoms with van der Waals surface area (Å²) in [5.41, 5.74) is 1.82. The van der Waals surface area contributed by atoms with Crippen LogP contribution in [0.15, 0.2) is 35.1 Å². The number of fused-ring (bicyclic) bond motifs is 2. The SMILES string of the molecule is O=c1[nH]c2ccc(-c3c4nc(C(F)(F)F)ccc4nn3C3CCCC3)cc2[nH]1. The van der Waals surface area contributed by atoms with E-state index in [1.807, 2.05) is 4.68 Å². The van der Waals surface area contributed by atoms with Crippen molar-refractivity contribution in [3.8, 4) is 11.3 Å². The molecule has 1 saturated carbocycles. The molecule has 0 bridgehead atoms. The largest absolute Gasteiger partial charge is 0.433 e. The van der Waals surface area contributed by atoms with Crippen LogP contribution in [0.5, 0.6) is 0 Å². The van der Waals surface area contributed by atoms with Gasteiger partial charge in [0, 0.05) is 5.56 Å². The zero-order valence-electron chi connectivity index (χ0n) is 14.7. The Labute approximate surface area is 156 Å². The van der Waals surface area contributed by atoms with E-state index < -0.39 is 11.9 Å². The number of aromatic amines is 2. The lowest BCUT2D eigenvalue weighted by Gasteiger charge is -2.14. The molecule has 144 valence electrons. The summed E-state index contributed by atoms with van der Waals surface area (Å²) in [5.74, 6) is 0. The molecule has 0 amide bonds. The summed E-state index contributed by atoms with van der Waals surface area (Å²) in [5, 5.41) is 4.59. The normalized spacial score (nSPS) is 15.8. The van der Waals surface area contributed by atoms with E-state index in [0.29, 0.717) is 27.8 Å². The molecule has 6 nitrogen and oxygen atoms in total. The van der Waals surface area contributed by atoms with E-state index in [1.54, 1.807) is 18.2 Å². The molecular weight excluding hydrogens is 371 g/mol. The van der Waals surface area contributed by atoms with E-state index in [4.69, 9.17) is 0 Å². The van der Waals surface area contributed by atoms with Crippen LogP contribution in [-0.4, -0.2) is 24.7 Å². The summed E-state index contributed by atoms with van der Waals surface area (Å²) in [6, 6.07) is 7.71. The van der Waals surface area contributed by atoms with Crippen LogP contribution in [0.4, 0.5) is 13.2 Å². The van der Waals surface area contributed by atoms with Gasteiger partial charge in [0.15, 0.2) is 0 Å². The molecule has 2 N–H and O–H groups in total. The number of pyridine rings is 1. The van der Waals surface area contributed by atoms with Crippen LogP contribution in [0.25, 0.3) is 33.3 Å². The molecular formula is C19H16F3N5O. The highest BCUT2D eigenvalue weighted by atomic mass is 19.4. The van der Waals surface area contributed by atoms with E-state index in [1.165, 1.54) is 6.07 Å². The Bertz CT molecular complexity index is 1240. The molecule has 0 aliphatic heterocycles. The molecule has 0 atom stereocenters. The van der Waals surface area contributed by atoms with Gasteiger partial charge in [-0.05, 0) is 37.1 Å². The molecule has 1 aliphatic rings. The third-order valence-electron chi connectivity index (χ3n) is 5.29. The third-order valence-corrected chi connectivity index (χ3v) is 5.29. The van der Waals surface area contributed by atoms with Gasteiger partial charge in [-0.15, -0.1) is 0 Å². The van der Waals surface area contributed by atoms with Gasteiger partial charge in [0.05, 0.1) is 22.8 Å². The number of imidazole rings is 1. The Morgan fingerprint density at radius 3 is 2.54 bits per heavy atom. The molecule has 28 heavy (non-hydrogen) atoms. The number of nitrogens with one attached hydrogen (secondary N) is 2. The molecule has 1 fully saturated rings. The fourth-order valence-electron chi connectivity index (χ4n) is 4.00. The van der Waals surface area contributed by atoms with E-state index in [0.717, 1.165) is 31.7 Å². The van der Waals surface area contributed by atoms with Crippen molar-refractivity contribution in [3.05, 3.63) is 46.5 Å². The minimum absolute atomic E-state index is 0.125. The number of alkyl halides is 3. The minimum atomic E-state index is -4.53. The molecule has 0 radical (unpaired) electrons. The maximum Gasteiger partial charge on any atom is 0.433 e. The van der Waals surface area contributed by atoms with Gasteiger partial charge in [0.1, 0.15) is 16.7 Å². The first kappa shape index (κ1) is 17.0. The number of rotatable bonds is 2. The van der Waals surface area contributed by atoms with Crippen LogP contribution < -0.4 is 5.69 Å². The van der Waals surface area contributed by atoms with Crippen LogP contribution >= 0.6 is 0 Å². The molecule has 5 rings (SSSR count). The van der Waals surface area contributed by atoms with Crippen molar-refractivity contribution < 1.29 is 13.2 Å². The first-order valence-corrected chi connectivity index (χ1v) is 9.09. The van der Waals surface area contributed by atoms with E-state index in [-0.39, 0.29) is 17.2 Å². The van der Waals surface area contributed by atoms with E-state index in [2.05, 4.69) is 20.1 Å². The van der Waals surface area contributed by atoms with Crippen molar-refractivity contribution in [1.82, 2.24) is 24.7 Å². The number of benzene rings is 1. The zero-order chi connectivity index (χ0) is 19.5. The standard InChI is InChI=1S/C19H16F3N5O/c20-19(21,22)15-8-7-13-16(25-15)17(27(26-13)11-3-1-2-4-11)10-5-6-12-14(9-10)24-18(28)23-12/h5-9,11H,1-4H2,(H2,23,24,28). The number of H-pyrrole nitrogens is 2. The second-order valence-corrected chi connectivity index (χ2v) is 7.13. The summed E-state index contributed by atoms with van der Waals surface area (Å²) < 4.78 is 41.5. The Kier molecular flexibility index (Phi) is 3.62. The van der Waals surface area contributed by atoms with Gasteiger partial charge in [-0.25, -0.2) is 9.78 Å². The maximum atomic E-state index is 13.2. The van der Waals surface area contributed by atoms with Gasteiger partial charge in [-0.3, -0.25) is 4.68 Å². The van der Waals surface area contributed by atoms with Crippen molar-refractivity contribution >= 4 is 22.1 Å². The van der Waals surface area contributed by atoms with Crippen molar-refractivity contribution in [3.63, 3.8) is 0 Å². The first-order chi connectivity index (χ1) is 13.4. The second-order valence-electron chi connectivity index (χ2n) is 7.13. The van der Waals surface area contributed by atoms with Gasteiger partial charge in [0.25, 0.3) is 0 Å². The van der Waals surface area contributed by atoms with Crippen LogP contribution in [0, 0.1) is 0 Å². The highest BCUT2D eigenvalue weighted by Crippen LogP contribution is 2.38. The lowest BCUT2D eigenvalue weighted by molar-refractivity contribution is -0.140. The Morgan fingerprint density at radius 1 is 1.04 bits per heavy atom. The van der Waals surface area contributed by atoms with Gasteiger partial charge >= 0.3 is 11.9 Å². The predicted octanol–water partition coefficient (Wildman–Crippen LogP) is 4.40. The third kappa shape index (κ3) is 2.69. The summed E-state index contributed by atoms with van der Waals surface area (Å²) in [6.45, 7) is 0. The number of hydrogen-bond acceptors (Lipinski definition) is 3. The second kappa shape index (κ2) is 5.95. The fraction of sp³-hybridized carbons (Fsp3) is 0.316. The van der Waals surface area contributed by atoms with Crippen molar-refractivity contribution in [2.75, 3.05) is 0 Å². The number of halogens is 3. The topological polar surface area (TPSA) is 79.4 Å². The van der Waals surface area contributed by atoms with Gasteiger partial charge < -0.3 is 9.97 Å². The lowest BCUT2D eigenvalue weighted by Crippen LogP contribution is -2.09. The number of aromatic nitrogens is 5. The van der Waals surface area contributed by atoms with Crippen molar-refractivity contribution in [2.45, 2.75) is 37.9 Å². The maximum absolute atomic E-state index is 13.2. The first-order valence-electron chi connectivity index (χ1n) is 9.09.